The smallest absolute Gasteiger partial charge is 0.123 e. The molecule has 0 unspecified atom stereocenters. The lowest BCUT2D eigenvalue weighted by Crippen LogP contribution is -2.47. The van der Waals surface area contributed by atoms with Gasteiger partial charge in [0.2, 0.25) is 0 Å². The van der Waals surface area contributed by atoms with Crippen molar-refractivity contribution >= 4 is 0 Å². The first-order valence-electron chi connectivity index (χ1n) is 5.30. The third-order valence-corrected chi connectivity index (χ3v) is 2.70. The molecule has 0 radical (unpaired) electrons. The lowest BCUT2D eigenvalue weighted by atomic mass is 10.0. The highest BCUT2D eigenvalue weighted by Gasteiger charge is 2.26. The Bertz CT molecular complexity index is 342. The van der Waals surface area contributed by atoms with Crippen LogP contribution >= 0.6 is 0 Å². The molecule has 1 aliphatic rings. The zero-order valence-corrected chi connectivity index (χ0v) is 9.03. The molecule has 2 nitrogen and oxygen atoms in total. The van der Waals surface area contributed by atoms with E-state index in [2.05, 4.69) is 19.2 Å². The maximum Gasteiger partial charge on any atom is 0.123 e. The Morgan fingerprint density at radius 2 is 2.20 bits per heavy atom. The van der Waals surface area contributed by atoms with Crippen molar-refractivity contribution in [3.05, 3.63) is 35.6 Å². The van der Waals surface area contributed by atoms with Crippen LogP contribution in [-0.4, -0.2) is 18.7 Å². The van der Waals surface area contributed by atoms with Crippen LogP contribution in [0.3, 0.4) is 0 Å². The molecular weight excluding hydrogens is 193 g/mol. The Kier molecular flexibility index (Phi) is 3.03. The van der Waals surface area contributed by atoms with Crippen LogP contribution in [0.5, 0.6) is 0 Å². The first kappa shape index (κ1) is 10.6. The van der Waals surface area contributed by atoms with Gasteiger partial charge in [0.15, 0.2) is 0 Å². The van der Waals surface area contributed by atoms with E-state index in [-0.39, 0.29) is 18.0 Å². The average molecular weight is 209 g/mol. The van der Waals surface area contributed by atoms with E-state index in [4.69, 9.17) is 4.74 Å². The summed E-state index contributed by atoms with van der Waals surface area (Å²) in [6.45, 7) is 4.81. The Morgan fingerprint density at radius 1 is 1.40 bits per heavy atom. The van der Waals surface area contributed by atoms with Gasteiger partial charge in [-0.2, -0.15) is 0 Å². The fraction of sp³-hybridized carbons (Fsp3) is 0.500. The lowest BCUT2D eigenvalue weighted by Gasteiger charge is -2.34. The molecule has 3 atom stereocenters. The molecule has 1 N–H and O–H groups in total. The van der Waals surface area contributed by atoms with Gasteiger partial charge < -0.3 is 10.1 Å². The molecule has 0 saturated carbocycles. The zero-order chi connectivity index (χ0) is 10.8. The second-order valence-electron chi connectivity index (χ2n) is 4.17. The number of nitrogens with one attached hydrogen (secondary N) is 1. The summed E-state index contributed by atoms with van der Waals surface area (Å²) in [6.07, 6.45) is -0.0445. The van der Waals surface area contributed by atoms with Gasteiger partial charge >= 0.3 is 0 Å². The first-order chi connectivity index (χ1) is 7.16. The monoisotopic (exact) mass is 209 g/mol. The third kappa shape index (κ3) is 2.36. The predicted octanol–water partition coefficient (Wildman–Crippen LogP) is 2.26. The van der Waals surface area contributed by atoms with Crippen LogP contribution in [-0.2, 0) is 4.74 Å². The molecule has 1 aromatic carbocycles. The normalized spacial score (nSPS) is 31.5. The predicted molar refractivity (Wildman–Crippen MR) is 57.2 cm³/mol. The van der Waals surface area contributed by atoms with Gasteiger partial charge in [0.05, 0.1) is 12.7 Å². The van der Waals surface area contributed by atoms with Crippen LogP contribution in [0.4, 0.5) is 4.39 Å². The first-order valence-corrected chi connectivity index (χ1v) is 5.30. The molecule has 1 fully saturated rings. The molecule has 0 aliphatic carbocycles. The molecule has 82 valence electrons. The van der Waals surface area contributed by atoms with Gasteiger partial charge in [-0.15, -0.1) is 0 Å². The molecule has 1 saturated heterocycles. The fourth-order valence-corrected chi connectivity index (χ4v) is 2.05. The minimum Gasteiger partial charge on any atom is -0.370 e. The molecule has 2 rings (SSSR count). The molecule has 0 aromatic heterocycles. The molecule has 0 spiro atoms. The van der Waals surface area contributed by atoms with Crippen molar-refractivity contribution in [3.8, 4) is 0 Å². The quantitative estimate of drug-likeness (QED) is 0.766. The number of halogens is 1. The van der Waals surface area contributed by atoms with Crippen LogP contribution in [0.15, 0.2) is 24.3 Å². The van der Waals surface area contributed by atoms with Gasteiger partial charge in [-0.1, -0.05) is 12.1 Å². The van der Waals surface area contributed by atoms with Crippen molar-refractivity contribution in [2.75, 3.05) is 6.61 Å². The van der Waals surface area contributed by atoms with Gasteiger partial charge in [-0.3, -0.25) is 0 Å². The van der Waals surface area contributed by atoms with E-state index >= 15 is 0 Å². The van der Waals surface area contributed by atoms with Crippen molar-refractivity contribution < 1.29 is 9.13 Å². The molecule has 1 heterocycles. The van der Waals surface area contributed by atoms with Crippen LogP contribution in [0.1, 0.15) is 25.5 Å². The van der Waals surface area contributed by atoms with Gasteiger partial charge in [-0.05, 0) is 31.5 Å². The molecule has 1 aliphatic heterocycles. The van der Waals surface area contributed by atoms with Gasteiger partial charge in [0.1, 0.15) is 5.82 Å². The summed E-state index contributed by atoms with van der Waals surface area (Å²) in [4.78, 5) is 0. The topological polar surface area (TPSA) is 21.3 Å². The third-order valence-electron chi connectivity index (χ3n) is 2.70. The van der Waals surface area contributed by atoms with E-state index < -0.39 is 0 Å². The molecule has 0 amide bonds. The van der Waals surface area contributed by atoms with Crippen molar-refractivity contribution in [1.29, 1.82) is 0 Å². The van der Waals surface area contributed by atoms with Gasteiger partial charge in [-0.25, -0.2) is 4.39 Å². The molecule has 3 heteroatoms. The lowest BCUT2D eigenvalue weighted by molar-refractivity contribution is -0.0208. The molecule has 0 bridgehead atoms. The van der Waals surface area contributed by atoms with Gasteiger partial charge in [0, 0.05) is 12.1 Å². The van der Waals surface area contributed by atoms with Gasteiger partial charge in [0.25, 0.3) is 0 Å². The van der Waals surface area contributed by atoms with Crippen molar-refractivity contribution in [3.63, 3.8) is 0 Å². The maximum atomic E-state index is 13.0. The largest absolute Gasteiger partial charge is 0.370 e. The van der Waals surface area contributed by atoms with Crippen molar-refractivity contribution in [1.82, 2.24) is 5.32 Å². The Morgan fingerprint density at radius 3 is 2.87 bits per heavy atom. The minimum absolute atomic E-state index is 0.0445. The molecular formula is C12H16FNO. The standard InChI is InChI=1S/C12H16FNO/c1-8-7-15-12(9(2)14-8)10-4-3-5-11(13)6-10/h3-6,8-9,12,14H,7H2,1-2H3/t8-,9+,12-/m0/s1. The Labute approximate surface area is 89.4 Å². The number of morpholine rings is 1. The highest BCUT2D eigenvalue weighted by atomic mass is 19.1. The number of hydrogen-bond acceptors (Lipinski definition) is 2. The highest BCUT2D eigenvalue weighted by Crippen LogP contribution is 2.25. The summed E-state index contributed by atoms with van der Waals surface area (Å²) >= 11 is 0. The van der Waals surface area contributed by atoms with E-state index in [1.165, 1.54) is 6.07 Å². The summed E-state index contributed by atoms with van der Waals surface area (Å²) in [6, 6.07) is 7.20. The molecule has 1 aromatic rings. The Balaban J connectivity index is 2.17. The van der Waals surface area contributed by atoms with E-state index in [0.29, 0.717) is 12.6 Å². The molecule has 15 heavy (non-hydrogen) atoms. The van der Waals surface area contributed by atoms with E-state index in [1.54, 1.807) is 12.1 Å². The van der Waals surface area contributed by atoms with E-state index in [1.807, 2.05) is 6.07 Å². The summed E-state index contributed by atoms with van der Waals surface area (Å²) < 4.78 is 18.8. The van der Waals surface area contributed by atoms with Crippen molar-refractivity contribution in [2.45, 2.75) is 32.0 Å². The number of hydrogen-bond donors (Lipinski definition) is 1. The van der Waals surface area contributed by atoms with Crippen LogP contribution in [0.2, 0.25) is 0 Å². The number of ether oxygens (including phenoxy) is 1. The summed E-state index contributed by atoms with van der Waals surface area (Å²) in [7, 11) is 0. The van der Waals surface area contributed by atoms with Crippen LogP contribution in [0, 0.1) is 5.82 Å². The Hall–Kier alpha value is -0.930. The summed E-state index contributed by atoms with van der Waals surface area (Å²) in [5, 5.41) is 3.40. The minimum atomic E-state index is -0.207. The van der Waals surface area contributed by atoms with Crippen molar-refractivity contribution in [2.24, 2.45) is 0 Å². The summed E-state index contributed by atoms with van der Waals surface area (Å²) in [5.74, 6) is -0.207. The highest BCUT2D eigenvalue weighted by molar-refractivity contribution is 5.20. The average Bonchev–Trinajstić information content (AvgIpc) is 2.17. The van der Waals surface area contributed by atoms with Crippen LogP contribution in [0.25, 0.3) is 0 Å². The van der Waals surface area contributed by atoms with E-state index in [0.717, 1.165) is 5.56 Å². The van der Waals surface area contributed by atoms with Crippen LogP contribution < -0.4 is 5.32 Å². The number of benzene rings is 1. The second kappa shape index (κ2) is 4.29. The maximum absolute atomic E-state index is 13.0. The summed E-state index contributed by atoms with van der Waals surface area (Å²) in [5.41, 5.74) is 0.905. The number of rotatable bonds is 1. The zero-order valence-electron chi connectivity index (χ0n) is 9.03. The fourth-order valence-electron chi connectivity index (χ4n) is 2.05. The van der Waals surface area contributed by atoms with E-state index in [9.17, 15) is 4.39 Å². The second-order valence-corrected chi connectivity index (χ2v) is 4.17. The SMILES string of the molecule is C[C@H]1CO[C@H](c2cccc(F)c2)[C@@H](C)N1.